The molecule has 0 amide bonds. The van der Waals surface area contributed by atoms with Crippen LogP contribution in [0.2, 0.25) is 0 Å². The molecule has 1 aromatic rings. The minimum atomic E-state index is 0.413. The summed E-state index contributed by atoms with van der Waals surface area (Å²) in [5.74, 6) is 3.54. The number of hydrogen-bond donors (Lipinski definition) is 1. The number of likely N-dealkylation sites (N-methyl/N-ethyl adjacent to an activating group) is 1. The highest BCUT2D eigenvalue weighted by Crippen LogP contribution is 2.62. The Morgan fingerprint density at radius 2 is 2.20 bits per heavy atom. The molecule has 0 saturated heterocycles. The minimum absolute atomic E-state index is 0.413. The fraction of sp³-hybridized carbons (Fsp3) is 0.556. The van der Waals surface area contributed by atoms with E-state index >= 15 is 0 Å². The van der Waals surface area contributed by atoms with Crippen LogP contribution in [-0.2, 0) is 11.2 Å². The summed E-state index contributed by atoms with van der Waals surface area (Å²) < 4.78 is 5.92. The number of hydrogen-bond acceptors (Lipinski definition) is 2. The number of nitrogens with one attached hydrogen (secondary N) is 1. The van der Waals surface area contributed by atoms with Gasteiger partial charge in [0.25, 0.3) is 0 Å². The van der Waals surface area contributed by atoms with Gasteiger partial charge in [0.05, 0.1) is 12.6 Å². The van der Waals surface area contributed by atoms with Crippen LogP contribution in [0.5, 0.6) is 0 Å². The van der Waals surface area contributed by atoms with Crippen LogP contribution >= 0.6 is 0 Å². The molecule has 3 aliphatic rings. The van der Waals surface area contributed by atoms with Gasteiger partial charge in [0.15, 0.2) is 0 Å². The van der Waals surface area contributed by atoms with Crippen LogP contribution in [0.1, 0.15) is 36.3 Å². The highest BCUT2D eigenvalue weighted by molar-refractivity contribution is 5.41. The van der Waals surface area contributed by atoms with Crippen LogP contribution in [0.25, 0.3) is 0 Å². The van der Waals surface area contributed by atoms with E-state index in [0.717, 1.165) is 24.4 Å². The molecule has 2 nitrogen and oxygen atoms in total. The van der Waals surface area contributed by atoms with Gasteiger partial charge in [0.1, 0.15) is 5.76 Å². The summed E-state index contributed by atoms with van der Waals surface area (Å²) >= 11 is 0. The van der Waals surface area contributed by atoms with Crippen LogP contribution in [-0.4, -0.2) is 19.7 Å². The van der Waals surface area contributed by atoms with Crippen molar-refractivity contribution in [3.8, 4) is 0 Å². The Kier molecular flexibility index (Phi) is 3.07. The van der Waals surface area contributed by atoms with E-state index in [0.29, 0.717) is 6.04 Å². The molecule has 0 aromatic heterocycles. The molecule has 4 rings (SSSR count). The van der Waals surface area contributed by atoms with Crippen molar-refractivity contribution in [1.82, 2.24) is 5.32 Å². The van der Waals surface area contributed by atoms with Crippen LogP contribution < -0.4 is 5.32 Å². The van der Waals surface area contributed by atoms with Gasteiger partial charge in [-0.3, -0.25) is 0 Å². The Morgan fingerprint density at radius 3 is 3.00 bits per heavy atom. The van der Waals surface area contributed by atoms with Crippen LogP contribution in [0, 0.1) is 11.8 Å². The van der Waals surface area contributed by atoms with E-state index in [1.54, 1.807) is 11.1 Å². The summed E-state index contributed by atoms with van der Waals surface area (Å²) in [5.41, 5.74) is 3.18. The minimum Gasteiger partial charge on any atom is -0.497 e. The first-order chi connectivity index (χ1) is 9.90. The third kappa shape index (κ3) is 1.89. The van der Waals surface area contributed by atoms with Gasteiger partial charge in [-0.1, -0.05) is 24.3 Å². The smallest absolute Gasteiger partial charge is 0.109 e. The summed E-state index contributed by atoms with van der Waals surface area (Å²) in [6.07, 6.45) is 7.25. The van der Waals surface area contributed by atoms with Crippen molar-refractivity contribution >= 4 is 0 Å². The Bertz CT molecular complexity index is 536. The molecule has 4 atom stereocenters. The standard InChI is InChI=1S/C18H23NO/c1-19-18(15-8-4-5-11-20-15)17-14-10-9-12-6-2-3-7-13(12)16(14)17/h2-3,6-8,14,16-19H,4-5,9-11H2,1H3. The monoisotopic (exact) mass is 269 g/mol. The zero-order valence-electron chi connectivity index (χ0n) is 12.1. The number of ether oxygens (including phenoxy) is 1. The molecule has 1 fully saturated rings. The summed E-state index contributed by atoms with van der Waals surface area (Å²) in [5, 5.41) is 3.53. The van der Waals surface area contributed by atoms with Gasteiger partial charge in [0.2, 0.25) is 0 Å². The van der Waals surface area contributed by atoms with E-state index in [1.807, 2.05) is 0 Å². The van der Waals surface area contributed by atoms with Crippen LogP contribution in [0.4, 0.5) is 0 Å². The molecule has 2 heteroatoms. The summed E-state index contributed by atoms with van der Waals surface area (Å²) in [7, 11) is 2.08. The number of allylic oxidation sites excluding steroid dienone is 1. The van der Waals surface area contributed by atoms with Gasteiger partial charge < -0.3 is 10.1 Å². The van der Waals surface area contributed by atoms with Gasteiger partial charge in [-0.15, -0.1) is 0 Å². The lowest BCUT2D eigenvalue weighted by atomic mass is 9.92. The molecule has 106 valence electrons. The Balaban J connectivity index is 1.60. The van der Waals surface area contributed by atoms with E-state index < -0.39 is 0 Å². The van der Waals surface area contributed by atoms with Crippen molar-refractivity contribution in [1.29, 1.82) is 0 Å². The second kappa shape index (κ2) is 4.92. The lowest BCUT2D eigenvalue weighted by Gasteiger charge is -2.24. The first-order valence-corrected chi connectivity index (χ1v) is 7.98. The number of fused-ring (bicyclic) bond motifs is 3. The zero-order chi connectivity index (χ0) is 13.5. The topological polar surface area (TPSA) is 21.3 Å². The molecular formula is C18H23NO. The van der Waals surface area contributed by atoms with Crippen molar-refractivity contribution in [2.75, 3.05) is 13.7 Å². The maximum absolute atomic E-state index is 5.92. The Hall–Kier alpha value is -1.28. The van der Waals surface area contributed by atoms with Crippen molar-refractivity contribution in [2.45, 2.75) is 37.6 Å². The largest absolute Gasteiger partial charge is 0.497 e. The van der Waals surface area contributed by atoms with Crippen molar-refractivity contribution < 1.29 is 4.74 Å². The quantitative estimate of drug-likeness (QED) is 0.909. The van der Waals surface area contributed by atoms with E-state index in [2.05, 4.69) is 42.7 Å². The van der Waals surface area contributed by atoms with Gasteiger partial charge in [-0.2, -0.15) is 0 Å². The van der Waals surface area contributed by atoms with Crippen molar-refractivity contribution in [3.63, 3.8) is 0 Å². The van der Waals surface area contributed by atoms with Gasteiger partial charge in [-0.05, 0) is 67.7 Å². The molecule has 20 heavy (non-hydrogen) atoms. The maximum Gasteiger partial charge on any atom is 0.109 e. The third-order valence-electron chi connectivity index (χ3n) is 5.36. The van der Waals surface area contributed by atoms with Crippen LogP contribution in [0.15, 0.2) is 36.1 Å². The van der Waals surface area contributed by atoms with E-state index in [1.165, 1.54) is 31.4 Å². The second-order valence-electron chi connectivity index (χ2n) is 6.37. The lowest BCUT2D eigenvalue weighted by Crippen LogP contribution is -2.33. The van der Waals surface area contributed by atoms with Gasteiger partial charge in [0, 0.05) is 0 Å². The number of benzene rings is 1. The first-order valence-electron chi connectivity index (χ1n) is 7.98. The van der Waals surface area contributed by atoms with E-state index in [-0.39, 0.29) is 0 Å². The highest BCUT2D eigenvalue weighted by Gasteiger charge is 2.57. The fourth-order valence-corrected chi connectivity index (χ4v) is 4.39. The number of rotatable bonds is 3. The molecule has 1 heterocycles. The molecule has 4 unspecified atom stereocenters. The molecule has 0 radical (unpaired) electrons. The summed E-state index contributed by atoms with van der Waals surface area (Å²) in [6, 6.07) is 9.44. The van der Waals surface area contributed by atoms with Crippen molar-refractivity contribution in [3.05, 3.63) is 47.2 Å². The SMILES string of the molecule is CNC(C1=CCCCO1)C1C2CCc3ccccc3C21. The van der Waals surface area contributed by atoms with E-state index in [9.17, 15) is 0 Å². The lowest BCUT2D eigenvalue weighted by molar-refractivity contribution is 0.162. The third-order valence-corrected chi connectivity index (χ3v) is 5.36. The average Bonchev–Trinajstić information content (AvgIpc) is 3.24. The van der Waals surface area contributed by atoms with Gasteiger partial charge in [-0.25, -0.2) is 0 Å². The molecule has 2 aliphatic carbocycles. The normalized spacial score (nSPS) is 32.5. The average molecular weight is 269 g/mol. The summed E-state index contributed by atoms with van der Waals surface area (Å²) in [6.45, 7) is 0.892. The van der Waals surface area contributed by atoms with Crippen molar-refractivity contribution in [2.24, 2.45) is 11.8 Å². The molecule has 1 aromatic carbocycles. The molecule has 0 bridgehead atoms. The molecule has 1 aliphatic heterocycles. The fourth-order valence-electron chi connectivity index (χ4n) is 4.39. The van der Waals surface area contributed by atoms with Crippen LogP contribution in [0.3, 0.4) is 0 Å². The van der Waals surface area contributed by atoms with Gasteiger partial charge >= 0.3 is 0 Å². The molecule has 1 saturated carbocycles. The predicted molar refractivity (Wildman–Crippen MR) is 80.6 cm³/mol. The molecular weight excluding hydrogens is 246 g/mol. The maximum atomic E-state index is 5.92. The second-order valence-corrected chi connectivity index (χ2v) is 6.37. The van der Waals surface area contributed by atoms with E-state index in [4.69, 9.17) is 4.74 Å². The highest BCUT2D eigenvalue weighted by atomic mass is 16.5. The summed E-state index contributed by atoms with van der Waals surface area (Å²) in [4.78, 5) is 0. The predicted octanol–water partition coefficient (Wildman–Crippen LogP) is 3.24. The Labute approximate surface area is 121 Å². The number of aryl methyl sites for hydroxylation is 1. The molecule has 1 N–H and O–H groups in total. The first kappa shape index (κ1) is 12.5. The molecule has 0 spiro atoms. The Morgan fingerprint density at radius 1 is 1.30 bits per heavy atom. The zero-order valence-corrected chi connectivity index (χ0v) is 12.1.